The number of carbonyl (C=O) groups is 3. The number of carboxylic acid groups (broad SMARTS) is 1. The molecule has 182 valence electrons. The monoisotopic (exact) mass is 468 g/mol. The topological polar surface area (TPSA) is 105 Å². The van der Waals surface area contributed by atoms with E-state index in [0.717, 1.165) is 28.7 Å². The standard InChI is InChI=1S/C26H32N2O6/c1-3-8-18(15-24(29)28(13-14-33-2)16-25(30)31)27-26(32)34-17-23-21-11-6-4-9-19(21)20-10-5-7-12-22(20)23/h4-7,9-12,18,23H,3,8,13-17H2,1-2H3,(H,27,32)(H,30,31)/t18-/m0/s1. The quantitative estimate of drug-likeness (QED) is 0.493. The molecule has 3 rings (SSSR count). The normalized spacial score (nSPS) is 13.0. The summed E-state index contributed by atoms with van der Waals surface area (Å²) in [7, 11) is 1.49. The Balaban J connectivity index is 1.61. The van der Waals surface area contributed by atoms with Crippen molar-refractivity contribution in [2.75, 3.05) is 33.4 Å². The zero-order valence-electron chi connectivity index (χ0n) is 19.7. The Morgan fingerprint density at radius 1 is 1.06 bits per heavy atom. The van der Waals surface area contributed by atoms with Gasteiger partial charge in [0.05, 0.1) is 6.61 Å². The van der Waals surface area contributed by atoms with Crippen molar-refractivity contribution in [3.63, 3.8) is 0 Å². The first kappa shape index (κ1) is 25.2. The molecule has 2 N–H and O–H groups in total. The van der Waals surface area contributed by atoms with Crippen LogP contribution in [0.4, 0.5) is 4.79 Å². The highest BCUT2D eigenvalue weighted by Gasteiger charge is 2.29. The van der Waals surface area contributed by atoms with Crippen LogP contribution in [0.15, 0.2) is 48.5 Å². The number of ether oxygens (including phenoxy) is 2. The average Bonchev–Trinajstić information content (AvgIpc) is 3.14. The maximum atomic E-state index is 12.7. The summed E-state index contributed by atoms with van der Waals surface area (Å²) in [5.41, 5.74) is 4.55. The summed E-state index contributed by atoms with van der Waals surface area (Å²) < 4.78 is 10.6. The van der Waals surface area contributed by atoms with Gasteiger partial charge in [-0.25, -0.2) is 4.79 Å². The van der Waals surface area contributed by atoms with Gasteiger partial charge in [0.1, 0.15) is 13.2 Å². The summed E-state index contributed by atoms with van der Waals surface area (Å²) in [5, 5.41) is 11.9. The number of benzene rings is 2. The molecule has 0 unspecified atom stereocenters. The summed E-state index contributed by atoms with van der Waals surface area (Å²) in [5.74, 6) is -1.50. The van der Waals surface area contributed by atoms with Crippen LogP contribution in [0.25, 0.3) is 11.1 Å². The van der Waals surface area contributed by atoms with Gasteiger partial charge >= 0.3 is 12.1 Å². The largest absolute Gasteiger partial charge is 0.480 e. The van der Waals surface area contributed by atoms with Crippen LogP contribution >= 0.6 is 0 Å². The van der Waals surface area contributed by atoms with Gasteiger partial charge in [-0.3, -0.25) is 9.59 Å². The molecule has 2 amide bonds. The molecule has 34 heavy (non-hydrogen) atoms. The van der Waals surface area contributed by atoms with E-state index >= 15 is 0 Å². The van der Waals surface area contributed by atoms with E-state index in [9.17, 15) is 14.4 Å². The minimum absolute atomic E-state index is 0.00493. The van der Waals surface area contributed by atoms with Gasteiger partial charge in [-0.05, 0) is 28.7 Å². The van der Waals surface area contributed by atoms with Crippen LogP contribution in [-0.2, 0) is 19.1 Å². The second kappa shape index (κ2) is 12.2. The van der Waals surface area contributed by atoms with Gasteiger partial charge in [0, 0.05) is 32.0 Å². The summed E-state index contributed by atoms with van der Waals surface area (Å²) in [6.45, 7) is 2.14. The van der Waals surface area contributed by atoms with E-state index in [0.29, 0.717) is 6.42 Å². The fourth-order valence-electron chi connectivity index (χ4n) is 4.38. The van der Waals surface area contributed by atoms with Crippen molar-refractivity contribution in [2.45, 2.75) is 38.1 Å². The van der Waals surface area contributed by atoms with Crippen LogP contribution in [0.5, 0.6) is 0 Å². The maximum absolute atomic E-state index is 12.7. The first-order valence-corrected chi connectivity index (χ1v) is 11.5. The third kappa shape index (κ3) is 6.35. The molecule has 0 spiro atoms. The molecule has 1 aliphatic carbocycles. The third-order valence-corrected chi connectivity index (χ3v) is 5.97. The zero-order valence-corrected chi connectivity index (χ0v) is 19.7. The van der Waals surface area contributed by atoms with Crippen molar-refractivity contribution in [3.05, 3.63) is 59.7 Å². The molecule has 8 heteroatoms. The van der Waals surface area contributed by atoms with Gasteiger partial charge in [-0.15, -0.1) is 0 Å². The van der Waals surface area contributed by atoms with E-state index in [1.54, 1.807) is 0 Å². The molecule has 1 aliphatic rings. The summed E-state index contributed by atoms with van der Waals surface area (Å²) in [6.07, 6.45) is 0.726. The molecular weight excluding hydrogens is 436 g/mol. The number of hydrogen-bond donors (Lipinski definition) is 2. The van der Waals surface area contributed by atoms with Crippen LogP contribution < -0.4 is 5.32 Å². The lowest BCUT2D eigenvalue weighted by molar-refractivity contribution is -0.145. The lowest BCUT2D eigenvalue weighted by Crippen LogP contribution is -2.43. The highest BCUT2D eigenvalue weighted by molar-refractivity contribution is 5.82. The second-order valence-electron chi connectivity index (χ2n) is 8.36. The first-order valence-electron chi connectivity index (χ1n) is 11.5. The zero-order chi connectivity index (χ0) is 24.5. The molecule has 8 nitrogen and oxygen atoms in total. The Hall–Kier alpha value is -3.39. The Bertz CT molecular complexity index is 963. The lowest BCUT2D eigenvalue weighted by atomic mass is 9.98. The van der Waals surface area contributed by atoms with E-state index < -0.39 is 24.6 Å². The summed E-state index contributed by atoms with van der Waals surface area (Å²) >= 11 is 0. The fraction of sp³-hybridized carbons (Fsp3) is 0.423. The van der Waals surface area contributed by atoms with Crippen molar-refractivity contribution >= 4 is 18.0 Å². The predicted molar refractivity (Wildman–Crippen MR) is 128 cm³/mol. The van der Waals surface area contributed by atoms with Crippen LogP contribution in [0.3, 0.4) is 0 Å². The number of methoxy groups -OCH3 is 1. The molecule has 2 aromatic rings. The first-order chi connectivity index (χ1) is 16.4. The molecule has 0 saturated heterocycles. The predicted octanol–water partition coefficient (Wildman–Crippen LogP) is 3.64. The van der Waals surface area contributed by atoms with Gasteiger partial charge in [-0.2, -0.15) is 0 Å². The molecule has 0 heterocycles. The van der Waals surface area contributed by atoms with Crippen LogP contribution in [0, 0.1) is 0 Å². The van der Waals surface area contributed by atoms with Gasteiger partial charge in [-0.1, -0.05) is 61.9 Å². The SMILES string of the molecule is CCC[C@@H](CC(=O)N(CCOC)CC(=O)O)NC(=O)OCC1c2ccccc2-c2ccccc21. The molecule has 2 aromatic carbocycles. The Labute approximate surface area is 199 Å². The number of nitrogens with zero attached hydrogens (tertiary/aromatic N) is 1. The minimum atomic E-state index is -1.10. The number of hydrogen-bond acceptors (Lipinski definition) is 5. The van der Waals surface area contributed by atoms with Crippen LogP contribution in [0.2, 0.25) is 0 Å². The highest BCUT2D eigenvalue weighted by Crippen LogP contribution is 2.44. The van der Waals surface area contributed by atoms with Crippen LogP contribution in [0.1, 0.15) is 43.2 Å². The van der Waals surface area contributed by atoms with E-state index in [1.807, 2.05) is 31.2 Å². The molecule has 0 aromatic heterocycles. The number of rotatable bonds is 12. The van der Waals surface area contributed by atoms with E-state index in [1.165, 1.54) is 12.0 Å². The highest BCUT2D eigenvalue weighted by atomic mass is 16.5. The van der Waals surface area contributed by atoms with Gasteiger partial charge in [0.2, 0.25) is 5.91 Å². The molecule has 0 fully saturated rings. The van der Waals surface area contributed by atoms with Gasteiger partial charge < -0.3 is 24.8 Å². The molecule has 1 atom stereocenters. The van der Waals surface area contributed by atoms with Crippen molar-refractivity contribution in [3.8, 4) is 11.1 Å². The lowest BCUT2D eigenvalue weighted by Gasteiger charge is -2.24. The number of alkyl carbamates (subject to hydrolysis) is 1. The van der Waals surface area contributed by atoms with Gasteiger partial charge in [0.25, 0.3) is 0 Å². The number of carboxylic acids is 1. The Morgan fingerprint density at radius 3 is 2.24 bits per heavy atom. The number of aliphatic carboxylic acids is 1. The van der Waals surface area contributed by atoms with E-state index in [-0.39, 0.29) is 38.0 Å². The molecule has 0 bridgehead atoms. The van der Waals surface area contributed by atoms with E-state index in [2.05, 4.69) is 29.6 Å². The van der Waals surface area contributed by atoms with Crippen molar-refractivity contribution in [1.82, 2.24) is 10.2 Å². The van der Waals surface area contributed by atoms with Crippen molar-refractivity contribution in [1.29, 1.82) is 0 Å². The smallest absolute Gasteiger partial charge is 0.407 e. The number of fused-ring (bicyclic) bond motifs is 3. The van der Waals surface area contributed by atoms with Crippen molar-refractivity contribution < 1.29 is 29.0 Å². The Kier molecular flexibility index (Phi) is 9.04. The number of carbonyl (C=O) groups excluding carboxylic acids is 2. The fourth-order valence-corrected chi connectivity index (χ4v) is 4.38. The average molecular weight is 469 g/mol. The van der Waals surface area contributed by atoms with Gasteiger partial charge in [0.15, 0.2) is 0 Å². The molecular formula is C26H32N2O6. The molecule has 0 radical (unpaired) electrons. The maximum Gasteiger partial charge on any atom is 0.407 e. The summed E-state index contributed by atoms with van der Waals surface area (Å²) in [6, 6.07) is 15.8. The number of amides is 2. The summed E-state index contributed by atoms with van der Waals surface area (Å²) in [4.78, 5) is 37.7. The van der Waals surface area contributed by atoms with E-state index in [4.69, 9.17) is 14.6 Å². The minimum Gasteiger partial charge on any atom is -0.480 e. The second-order valence-corrected chi connectivity index (χ2v) is 8.36. The van der Waals surface area contributed by atoms with Crippen molar-refractivity contribution in [2.24, 2.45) is 0 Å². The third-order valence-electron chi connectivity index (χ3n) is 5.97. The Morgan fingerprint density at radius 2 is 1.68 bits per heavy atom. The number of nitrogens with one attached hydrogen (secondary N) is 1. The molecule has 0 saturated carbocycles. The van der Waals surface area contributed by atoms with Crippen LogP contribution in [-0.4, -0.2) is 67.4 Å². The molecule has 0 aliphatic heterocycles.